The normalized spacial score (nSPS) is 15.9. The number of hydrogen-bond donors (Lipinski definition) is 2. The minimum Gasteiger partial charge on any atom is -0.497 e. The van der Waals surface area contributed by atoms with Crippen LogP contribution in [0.1, 0.15) is 27.1 Å². The van der Waals surface area contributed by atoms with Gasteiger partial charge >= 0.3 is 0 Å². The Morgan fingerprint density at radius 3 is 2.28 bits per heavy atom. The first-order valence-corrected chi connectivity index (χ1v) is 10.1. The maximum absolute atomic E-state index is 13.7. The Balaban J connectivity index is 1.96. The van der Waals surface area contributed by atoms with Crippen molar-refractivity contribution in [3.05, 3.63) is 65.2 Å². The van der Waals surface area contributed by atoms with E-state index < -0.39 is 35.5 Å². The molecule has 0 saturated carbocycles. The number of carbonyl (C=O) groups excluding carboxylic acids is 3. The lowest BCUT2D eigenvalue weighted by atomic mass is 10.1. The Morgan fingerprint density at radius 2 is 1.69 bits per heavy atom. The van der Waals surface area contributed by atoms with Gasteiger partial charge in [0.1, 0.15) is 5.75 Å². The molecule has 1 atom stereocenters. The largest absolute Gasteiger partial charge is 0.497 e. The van der Waals surface area contributed by atoms with Crippen LogP contribution in [0.4, 0.5) is 8.78 Å². The van der Waals surface area contributed by atoms with Crippen LogP contribution in [0.3, 0.4) is 0 Å². The third-order valence-electron chi connectivity index (χ3n) is 5.07. The number of carbonyl (C=O) groups is 3. The molecule has 3 amide bonds. The summed E-state index contributed by atoms with van der Waals surface area (Å²) in [6.45, 7) is 0.682. The molecule has 1 unspecified atom stereocenters. The number of halogens is 2. The summed E-state index contributed by atoms with van der Waals surface area (Å²) in [7, 11) is 1.47. The topological polar surface area (TPSA) is 105 Å². The molecule has 0 radical (unpaired) electrons. The first-order chi connectivity index (χ1) is 15.4. The average Bonchev–Trinajstić information content (AvgIpc) is 2.82. The summed E-state index contributed by atoms with van der Waals surface area (Å²) in [6, 6.07) is 9.19. The molecule has 1 fully saturated rings. The molecule has 2 aromatic carbocycles. The molecule has 170 valence electrons. The molecule has 32 heavy (non-hydrogen) atoms. The number of nitrogens with zero attached hydrogens (tertiary/aromatic N) is 2. The van der Waals surface area contributed by atoms with Gasteiger partial charge in [-0.2, -0.15) is 0 Å². The monoisotopic (exact) mass is 446 g/mol. The molecule has 1 aliphatic rings. The molecule has 3 rings (SSSR count). The summed E-state index contributed by atoms with van der Waals surface area (Å²) in [4.78, 5) is 41.8. The van der Waals surface area contributed by atoms with Gasteiger partial charge in [0.05, 0.1) is 7.11 Å². The van der Waals surface area contributed by atoms with Gasteiger partial charge in [-0.25, -0.2) is 8.78 Å². The highest BCUT2D eigenvalue weighted by Crippen LogP contribution is 2.23. The molecule has 1 saturated heterocycles. The van der Waals surface area contributed by atoms with Crippen LogP contribution < -0.4 is 15.8 Å². The molecule has 0 bridgehead atoms. The van der Waals surface area contributed by atoms with Crippen molar-refractivity contribution < 1.29 is 27.9 Å². The lowest BCUT2D eigenvalue weighted by Gasteiger charge is -2.42. The number of hydrogen-bond acceptors (Lipinski definition) is 5. The van der Waals surface area contributed by atoms with E-state index >= 15 is 0 Å². The van der Waals surface area contributed by atoms with E-state index in [9.17, 15) is 23.2 Å². The fourth-order valence-electron chi connectivity index (χ4n) is 3.54. The van der Waals surface area contributed by atoms with Gasteiger partial charge in [0.2, 0.25) is 0 Å². The zero-order chi connectivity index (χ0) is 23.3. The highest BCUT2D eigenvalue weighted by Gasteiger charge is 2.40. The predicted octanol–water partition coefficient (Wildman–Crippen LogP) is 1.36. The number of nitrogens with one attached hydrogen (secondary N) is 1. The number of benzene rings is 2. The summed E-state index contributed by atoms with van der Waals surface area (Å²) < 4.78 is 32.2. The van der Waals surface area contributed by atoms with Crippen LogP contribution in [0.2, 0.25) is 0 Å². The van der Waals surface area contributed by atoms with Crippen molar-refractivity contribution in [2.24, 2.45) is 5.73 Å². The van der Waals surface area contributed by atoms with Gasteiger partial charge in [0, 0.05) is 37.3 Å². The molecule has 3 N–H and O–H groups in total. The van der Waals surface area contributed by atoms with Crippen LogP contribution in [0, 0.1) is 11.6 Å². The van der Waals surface area contributed by atoms with Crippen molar-refractivity contribution >= 4 is 17.7 Å². The number of methoxy groups -OCH3 is 1. The lowest BCUT2D eigenvalue weighted by molar-refractivity contribution is -0.132. The summed E-state index contributed by atoms with van der Waals surface area (Å²) in [5.74, 6) is -3.57. The third kappa shape index (κ3) is 4.86. The smallest absolute Gasteiger partial charge is 0.263 e. The molecule has 0 aromatic heterocycles. The summed E-state index contributed by atoms with van der Waals surface area (Å²) >= 11 is 0. The lowest BCUT2D eigenvalue weighted by Crippen LogP contribution is -2.63. The van der Waals surface area contributed by atoms with Crippen molar-refractivity contribution in [1.82, 2.24) is 15.1 Å². The maximum atomic E-state index is 13.7. The van der Waals surface area contributed by atoms with E-state index in [-0.39, 0.29) is 37.3 Å². The molecule has 10 heteroatoms. The third-order valence-corrected chi connectivity index (χ3v) is 5.07. The van der Waals surface area contributed by atoms with Crippen LogP contribution in [0.15, 0.2) is 42.5 Å². The number of rotatable bonds is 6. The van der Waals surface area contributed by atoms with Crippen LogP contribution in [-0.4, -0.2) is 67.0 Å². The average molecular weight is 446 g/mol. The molecular weight excluding hydrogens is 422 g/mol. The molecule has 1 aliphatic heterocycles. The minimum absolute atomic E-state index is 0.129. The van der Waals surface area contributed by atoms with Crippen molar-refractivity contribution in [2.75, 3.05) is 33.3 Å². The molecule has 1 heterocycles. The van der Waals surface area contributed by atoms with Crippen molar-refractivity contribution in [3.8, 4) is 5.75 Å². The van der Waals surface area contributed by atoms with E-state index in [1.54, 1.807) is 18.2 Å². The van der Waals surface area contributed by atoms with E-state index in [1.807, 2.05) is 0 Å². The van der Waals surface area contributed by atoms with Crippen molar-refractivity contribution in [1.29, 1.82) is 0 Å². The number of nitrogens with two attached hydrogens (primary N) is 1. The summed E-state index contributed by atoms with van der Waals surface area (Å²) in [5, 5.41) is 2.61. The maximum Gasteiger partial charge on any atom is 0.263 e. The molecule has 8 nitrogen and oxygen atoms in total. The van der Waals surface area contributed by atoms with Gasteiger partial charge in [-0.3, -0.25) is 14.4 Å². The Kier molecular flexibility index (Phi) is 7.37. The quantitative estimate of drug-likeness (QED) is 0.697. The molecular formula is C22H24F2N4O4. The standard InChI is InChI=1S/C22H24F2N4O4/c1-32-16-5-2-4-14(12-16)21(30)27-10-3-11-28(20(27)19(29)26-9-8-25)22(31)15-6-7-17(23)18(24)13-15/h2,4-7,12-13,20H,3,8-11,25H2,1H3,(H,26,29). The van der Waals surface area contributed by atoms with E-state index in [4.69, 9.17) is 10.5 Å². The molecule has 0 aliphatic carbocycles. The van der Waals surface area contributed by atoms with E-state index in [1.165, 1.54) is 23.0 Å². The second kappa shape index (κ2) is 10.2. The van der Waals surface area contributed by atoms with Crippen molar-refractivity contribution in [3.63, 3.8) is 0 Å². The van der Waals surface area contributed by atoms with Gasteiger partial charge in [-0.1, -0.05) is 6.07 Å². The highest BCUT2D eigenvalue weighted by atomic mass is 19.2. The summed E-state index contributed by atoms with van der Waals surface area (Å²) in [5.41, 5.74) is 5.63. The van der Waals surface area contributed by atoms with Crippen LogP contribution in [0.25, 0.3) is 0 Å². The Hall–Kier alpha value is -3.53. The van der Waals surface area contributed by atoms with Crippen molar-refractivity contribution in [2.45, 2.75) is 12.6 Å². The van der Waals surface area contributed by atoms with Gasteiger partial charge in [-0.15, -0.1) is 0 Å². The fraction of sp³-hybridized carbons (Fsp3) is 0.318. The fourth-order valence-corrected chi connectivity index (χ4v) is 3.54. The molecule has 0 spiro atoms. The minimum atomic E-state index is -1.28. The zero-order valence-corrected chi connectivity index (χ0v) is 17.5. The molecule has 2 aromatic rings. The highest BCUT2D eigenvalue weighted by molar-refractivity contribution is 6.01. The van der Waals surface area contributed by atoms with Crippen LogP contribution >= 0.6 is 0 Å². The van der Waals surface area contributed by atoms with Gasteiger partial charge in [0.25, 0.3) is 17.7 Å². The SMILES string of the molecule is COc1cccc(C(=O)N2CCCN(C(=O)c3ccc(F)c(F)c3)C2C(=O)NCCN)c1. The number of ether oxygens (including phenoxy) is 1. The van der Waals surface area contributed by atoms with E-state index in [0.717, 1.165) is 18.2 Å². The second-order valence-electron chi connectivity index (χ2n) is 7.16. The Labute approximate surface area is 183 Å². The Bertz CT molecular complexity index is 1020. The van der Waals surface area contributed by atoms with E-state index in [2.05, 4.69) is 5.32 Å². The van der Waals surface area contributed by atoms with E-state index in [0.29, 0.717) is 12.2 Å². The summed E-state index contributed by atoms with van der Waals surface area (Å²) in [6.07, 6.45) is -0.888. The number of amides is 3. The first-order valence-electron chi connectivity index (χ1n) is 10.1. The van der Waals surface area contributed by atoms with Crippen LogP contribution in [0.5, 0.6) is 5.75 Å². The van der Waals surface area contributed by atoms with Gasteiger partial charge in [0.15, 0.2) is 17.8 Å². The zero-order valence-electron chi connectivity index (χ0n) is 17.5. The predicted molar refractivity (Wildman–Crippen MR) is 112 cm³/mol. The van der Waals surface area contributed by atoms with Gasteiger partial charge in [-0.05, 0) is 42.8 Å². The second-order valence-corrected chi connectivity index (χ2v) is 7.16. The van der Waals surface area contributed by atoms with Crippen LogP contribution in [-0.2, 0) is 4.79 Å². The van der Waals surface area contributed by atoms with Gasteiger partial charge < -0.3 is 25.6 Å². The first kappa shape index (κ1) is 23.1. The Morgan fingerprint density at radius 1 is 1.03 bits per heavy atom.